The van der Waals surface area contributed by atoms with Crippen LogP contribution in [0.4, 0.5) is 0 Å². The van der Waals surface area contributed by atoms with Crippen LogP contribution in [0.2, 0.25) is 0 Å². The first-order chi connectivity index (χ1) is 14.6. The first-order valence-corrected chi connectivity index (χ1v) is 10.9. The number of hydrogen-bond acceptors (Lipinski definition) is 3. The van der Waals surface area contributed by atoms with Crippen LogP contribution in [-0.2, 0) is 22.6 Å². The largest absolute Gasteiger partial charge is 0.491 e. The normalized spacial score (nSPS) is 16.8. The molecule has 5 nitrogen and oxygen atoms in total. The number of aryl methyl sites for hydroxylation is 1. The van der Waals surface area contributed by atoms with Crippen molar-refractivity contribution < 1.29 is 14.3 Å². The lowest BCUT2D eigenvalue weighted by molar-refractivity contribution is -0.133. The molecular formula is C25H30N2O3. The van der Waals surface area contributed by atoms with Crippen molar-refractivity contribution in [3.05, 3.63) is 65.2 Å². The van der Waals surface area contributed by atoms with Gasteiger partial charge in [-0.15, -0.1) is 0 Å². The summed E-state index contributed by atoms with van der Waals surface area (Å²) >= 11 is 0. The molecule has 1 fully saturated rings. The molecule has 2 aromatic carbocycles. The number of hydrogen-bond donors (Lipinski definition) is 1. The van der Waals surface area contributed by atoms with Crippen LogP contribution in [0, 0.1) is 5.92 Å². The number of amides is 2. The number of nitrogens with zero attached hydrogens (tertiary/aromatic N) is 1. The van der Waals surface area contributed by atoms with Crippen LogP contribution in [0.1, 0.15) is 48.8 Å². The van der Waals surface area contributed by atoms with Crippen molar-refractivity contribution in [3.8, 4) is 5.75 Å². The van der Waals surface area contributed by atoms with Crippen LogP contribution < -0.4 is 10.1 Å². The monoisotopic (exact) mass is 406 g/mol. The van der Waals surface area contributed by atoms with Gasteiger partial charge in [0.1, 0.15) is 12.4 Å². The number of rotatable bonds is 7. The lowest BCUT2D eigenvalue weighted by atomic mass is 9.99. The Kier molecular flexibility index (Phi) is 6.36. The molecule has 5 heteroatoms. The van der Waals surface area contributed by atoms with Gasteiger partial charge in [0.15, 0.2) is 0 Å². The van der Waals surface area contributed by atoms with Crippen LogP contribution in [0.3, 0.4) is 0 Å². The molecule has 158 valence electrons. The highest BCUT2D eigenvalue weighted by Crippen LogP contribution is 2.28. The number of fused-ring (bicyclic) bond motifs is 1. The van der Waals surface area contributed by atoms with E-state index in [9.17, 15) is 9.59 Å². The third kappa shape index (κ3) is 5.21. The maximum Gasteiger partial charge on any atom is 0.230 e. The van der Waals surface area contributed by atoms with Gasteiger partial charge in [0.05, 0.1) is 12.5 Å². The highest BCUT2D eigenvalue weighted by molar-refractivity contribution is 5.83. The molecule has 2 amide bonds. The standard InChI is InChI=1S/C25H30N2O3/c1-18(21-5-3-2-4-6-21)25(29)27-13-14-30-23-11-9-19(15-22(23)17-27)10-12-24(28)26-16-20-7-8-20/h2-6,9,11,15,18,20H,7-8,10,12-14,16-17H2,1H3,(H,26,28). The van der Waals surface area contributed by atoms with E-state index in [2.05, 4.69) is 11.4 Å². The zero-order valence-electron chi connectivity index (χ0n) is 17.6. The quantitative estimate of drug-likeness (QED) is 0.763. The van der Waals surface area contributed by atoms with Gasteiger partial charge in [-0.25, -0.2) is 0 Å². The fourth-order valence-electron chi connectivity index (χ4n) is 3.88. The van der Waals surface area contributed by atoms with Crippen LogP contribution in [-0.4, -0.2) is 36.4 Å². The summed E-state index contributed by atoms with van der Waals surface area (Å²) in [6.45, 7) is 4.37. The second kappa shape index (κ2) is 9.33. The van der Waals surface area contributed by atoms with Crippen molar-refractivity contribution in [2.45, 2.75) is 45.1 Å². The van der Waals surface area contributed by atoms with E-state index in [0.717, 1.165) is 29.0 Å². The second-order valence-corrected chi connectivity index (χ2v) is 8.43. The third-order valence-electron chi connectivity index (χ3n) is 6.01. The minimum absolute atomic E-state index is 0.113. The molecule has 30 heavy (non-hydrogen) atoms. The van der Waals surface area contributed by atoms with Gasteiger partial charge in [-0.2, -0.15) is 0 Å². The molecule has 0 spiro atoms. The molecule has 1 N–H and O–H groups in total. The summed E-state index contributed by atoms with van der Waals surface area (Å²) in [5.74, 6) is 1.56. The maximum absolute atomic E-state index is 13.1. The maximum atomic E-state index is 13.1. The van der Waals surface area contributed by atoms with Crippen molar-refractivity contribution in [1.82, 2.24) is 10.2 Å². The van der Waals surface area contributed by atoms with Crippen LogP contribution in [0.25, 0.3) is 0 Å². The molecule has 4 rings (SSSR count). The van der Waals surface area contributed by atoms with E-state index >= 15 is 0 Å². The Balaban J connectivity index is 1.39. The zero-order chi connectivity index (χ0) is 20.9. The summed E-state index contributed by atoms with van der Waals surface area (Å²) in [6, 6.07) is 16.0. The Morgan fingerprint density at radius 3 is 2.73 bits per heavy atom. The Morgan fingerprint density at radius 1 is 1.17 bits per heavy atom. The number of carbonyl (C=O) groups is 2. The van der Waals surface area contributed by atoms with Crippen LogP contribution >= 0.6 is 0 Å². The van der Waals surface area contributed by atoms with Crippen molar-refractivity contribution >= 4 is 11.8 Å². The van der Waals surface area contributed by atoms with E-state index in [4.69, 9.17) is 4.74 Å². The molecule has 1 aliphatic carbocycles. The van der Waals surface area contributed by atoms with Gasteiger partial charge in [-0.3, -0.25) is 9.59 Å². The van der Waals surface area contributed by atoms with Gasteiger partial charge in [0.25, 0.3) is 0 Å². The van der Waals surface area contributed by atoms with Crippen molar-refractivity contribution in [2.75, 3.05) is 19.7 Å². The number of ether oxygens (including phenoxy) is 1. The summed E-state index contributed by atoms with van der Waals surface area (Å²) in [5.41, 5.74) is 3.14. The number of benzene rings is 2. The molecular weight excluding hydrogens is 376 g/mol. The van der Waals surface area contributed by atoms with Crippen molar-refractivity contribution in [3.63, 3.8) is 0 Å². The summed E-state index contributed by atoms with van der Waals surface area (Å²) in [5, 5.41) is 3.02. The van der Waals surface area contributed by atoms with E-state index in [1.54, 1.807) is 0 Å². The predicted octanol–water partition coefficient (Wildman–Crippen LogP) is 3.67. The van der Waals surface area contributed by atoms with Crippen LogP contribution in [0.15, 0.2) is 48.5 Å². The molecule has 1 heterocycles. The smallest absolute Gasteiger partial charge is 0.230 e. The minimum atomic E-state index is -0.189. The molecule has 1 unspecified atom stereocenters. The van der Waals surface area contributed by atoms with Gasteiger partial charge in [0.2, 0.25) is 11.8 Å². The topological polar surface area (TPSA) is 58.6 Å². The number of nitrogens with one attached hydrogen (secondary N) is 1. The molecule has 1 atom stereocenters. The minimum Gasteiger partial charge on any atom is -0.491 e. The fraction of sp³-hybridized carbons (Fsp3) is 0.440. The Labute approximate surface area is 178 Å². The van der Waals surface area contributed by atoms with E-state index in [0.29, 0.717) is 38.5 Å². The van der Waals surface area contributed by atoms with Gasteiger partial charge >= 0.3 is 0 Å². The molecule has 0 saturated heterocycles. The van der Waals surface area contributed by atoms with E-state index in [-0.39, 0.29) is 17.7 Å². The SMILES string of the molecule is CC(C(=O)N1CCOc2ccc(CCC(=O)NCC3CC3)cc2C1)c1ccccc1. The fourth-order valence-corrected chi connectivity index (χ4v) is 3.88. The Bertz CT molecular complexity index is 893. The molecule has 0 radical (unpaired) electrons. The lowest BCUT2D eigenvalue weighted by Crippen LogP contribution is -2.35. The predicted molar refractivity (Wildman–Crippen MR) is 116 cm³/mol. The molecule has 1 aliphatic heterocycles. The Morgan fingerprint density at radius 2 is 1.97 bits per heavy atom. The second-order valence-electron chi connectivity index (χ2n) is 8.43. The van der Waals surface area contributed by atoms with Gasteiger partial charge in [-0.1, -0.05) is 42.5 Å². The first kappa shape index (κ1) is 20.5. The number of carbonyl (C=O) groups excluding carboxylic acids is 2. The average molecular weight is 407 g/mol. The van der Waals surface area contributed by atoms with Crippen molar-refractivity contribution in [2.24, 2.45) is 5.92 Å². The van der Waals surface area contributed by atoms with E-state index in [1.165, 1.54) is 12.8 Å². The zero-order valence-corrected chi connectivity index (χ0v) is 17.6. The molecule has 0 bridgehead atoms. The van der Waals surface area contributed by atoms with E-state index in [1.807, 2.05) is 54.3 Å². The molecule has 0 aromatic heterocycles. The molecule has 1 saturated carbocycles. The molecule has 2 aromatic rings. The summed E-state index contributed by atoms with van der Waals surface area (Å²) < 4.78 is 5.89. The average Bonchev–Trinajstić information content (AvgIpc) is 3.62. The van der Waals surface area contributed by atoms with Crippen molar-refractivity contribution in [1.29, 1.82) is 0 Å². The third-order valence-corrected chi connectivity index (χ3v) is 6.01. The highest BCUT2D eigenvalue weighted by atomic mass is 16.5. The first-order valence-electron chi connectivity index (χ1n) is 10.9. The van der Waals surface area contributed by atoms with Gasteiger partial charge in [-0.05, 0) is 49.3 Å². The van der Waals surface area contributed by atoms with Gasteiger partial charge in [0, 0.05) is 25.1 Å². The van der Waals surface area contributed by atoms with Gasteiger partial charge < -0.3 is 15.0 Å². The summed E-state index contributed by atoms with van der Waals surface area (Å²) in [4.78, 5) is 27.0. The van der Waals surface area contributed by atoms with E-state index < -0.39 is 0 Å². The molecule has 2 aliphatic rings. The Hall–Kier alpha value is -2.82. The summed E-state index contributed by atoms with van der Waals surface area (Å²) in [6.07, 6.45) is 3.66. The van der Waals surface area contributed by atoms with Crippen LogP contribution in [0.5, 0.6) is 5.75 Å². The highest BCUT2D eigenvalue weighted by Gasteiger charge is 2.25. The summed E-state index contributed by atoms with van der Waals surface area (Å²) in [7, 11) is 0. The lowest BCUT2D eigenvalue weighted by Gasteiger charge is -2.24.